The van der Waals surface area contributed by atoms with Gasteiger partial charge in [-0.2, -0.15) is 0 Å². The number of hydrogen-bond donors (Lipinski definition) is 2. The minimum absolute atomic E-state index is 0.187. The highest BCUT2D eigenvalue weighted by atomic mass is 16.1. The molecule has 0 fully saturated rings. The van der Waals surface area contributed by atoms with Crippen LogP contribution >= 0.6 is 0 Å². The van der Waals surface area contributed by atoms with Gasteiger partial charge in [-0.15, -0.1) is 0 Å². The molecule has 3 heteroatoms. The van der Waals surface area contributed by atoms with Crippen LogP contribution in [-0.2, 0) is 4.79 Å². The summed E-state index contributed by atoms with van der Waals surface area (Å²) in [5, 5.41) is 3.53. The number of nitrogens with two attached hydrogens (primary N) is 1. The Bertz CT molecular complexity index is 160. The van der Waals surface area contributed by atoms with E-state index in [0.29, 0.717) is 12.5 Å². The van der Waals surface area contributed by atoms with E-state index >= 15 is 0 Å². The second-order valence-corrected chi connectivity index (χ2v) is 4.12. The van der Waals surface area contributed by atoms with E-state index in [0.717, 1.165) is 19.4 Å². The Morgan fingerprint density at radius 2 is 2.00 bits per heavy atom. The first-order valence-corrected chi connectivity index (χ1v) is 6.22. The molecule has 90 valence electrons. The van der Waals surface area contributed by atoms with E-state index in [2.05, 4.69) is 19.2 Å². The molecule has 1 amide bonds. The molecule has 1 atom stereocenters. The largest absolute Gasteiger partial charge is 0.370 e. The maximum Gasteiger partial charge on any atom is 0.217 e. The average Bonchev–Trinajstić information content (AvgIpc) is 2.21. The predicted octanol–water partition coefficient (Wildman–Crippen LogP) is 2.20. The molecular formula is C12H26N2O. The molecule has 3 N–H and O–H groups in total. The van der Waals surface area contributed by atoms with Crippen LogP contribution in [-0.4, -0.2) is 18.5 Å². The van der Waals surface area contributed by atoms with Gasteiger partial charge in [0.15, 0.2) is 0 Å². The molecule has 15 heavy (non-hydrogen) atoms. The molecule has 0 saturated heterocycles. The molecule has 0 rings (SSSR count). The third kappa shape index (κ3) is 9.73. The van der Waals surface area contributed by atoms with E-state index in [1.54, 1.807) is 0 Å². The van der Waals surface area contributed by atoms with Gasteiger partial charge >= 0.3 is 0 Å². The third-order valence-electron chi connectivity index (χ3n) is 2.68. The normalized spacial score (nSPS) is 12.7. The molecule has 0 aliphatic carbocycles. The summed E-state index contributed by atoms with van der Waals surface area (Å²) in [6.07, 6.45) is 7.50. The number of primary amides is 1. The molecule has 0 bridgehead atoms. The summed E-state index contributed by atoms with van der Waals surface area (Å²) in [6, 6.07) is 0.651. The summed E-state index contributed by atoms with van der Waals surface area (Å²) in [5.41, 5.74) is 5.07. The highest BCUT2D eigenvalue weighted by Gasteiger charge is 2.03. The quantitative estimate of drug-likeness (QED) is 0.548. The maximum absolute atomic E-state index is 10.5. The zero-order valence-corrected chi connectivity index (χ0v) is 10.2. The average molecular weight is 214 g/mol. The first-order chi connectivity index (χ1) is 7.20. The van der Waals surface area contributed by atoms with Crippen molar-refractivity contribution < 1.29 is 4.79 Å². The van der Waals surface area contributed by atoms with Crippen molar-refractivity contribution in [1.29, 1.82) is 0 Å². The molecule has 0 aromatic rings. The molecule has 0 aromatic heterocycles. The summed E-state index contributed by atoms with van der Waals surface area (Å²) in [4.78, 5) is 10.5. The first kappa shape index (κ1) is 14.4. The van der Waals surface area contributed by atoms with Crippen LogP contribution in [0.3, 0.4) is 0 Å². The van der Waals surface area contributed by atoms with Gasteiger partial charge < -0.3 is 11.1 Å². The van der Waals surface area contributed by atoms with Crippen LogP contribution in [0.15, 0.2) is 0 Å². The Morgan fingerprint density at radius 1 is 1.27 bits per heavy atom. The lowest BCUT2D eigenvalue weighted by Gasteiger charge is -2.16. The van der Waals surface area contributed by atoms with Crippen molar-refractivity contribution in [2.45, 2.75) is 64.8 Å². The third-order valence-corrected chi connectivity index (χ3v) is 2.68. The fraction of sp³-hybridized carbons (Fsp3) is 0.917. The van der Waals surface area contributed by atoms with Crippen molar-refractivity contribution >= 4 is 5.91 Å². The summed E-state index contributed by atoms with van der Waals surface area (Å²) in [6.45, 7) is 5.45. The number of hydrogen-bond acceptors (Lipinski definition) is 2. The molecule has 3 nitrogen and oxygen atoms in total. The Balaban J connectivity index is 3.33. The van der Waals surface area contributed by atoms with Crippen molar-refractivity contribution in [3.8, 4) is 0 Å². The number of unbranched alkanes of at least 4 members (excludes halogenated alkanes) is 2. The van der Waals surface area contributed by atoms with Gasteiger partial charge in [0.25, 0.3) is 0 Å². The van der Waals surface area contributed by atoms with Gasteiger partial charge in [0.1, 0.15) is 0 Å². The van der Waals surface area contributed by atoms with Crippen molar-refractivity contribution in [3.63, 3.8) is 0 Å². The topological polar surface area (TPSA) is 55.1 Å². The zero-order chi connectivity index (χ0) is 11.5. The van der Waals surface area contributed by atoms with E-state index in [-0.39, 0.29) is 5.91 Å². The summed E-state index contributed by atoms with van der Waals surface area (Å²) < 4.78 is 0. The SMILES string of the molecule is CCCCC(CC)NCCCCC(N)=O. The zero-order valence-electron chi connectivity index (χ0n) is 10.2. The van der Waals surface area contributed by atoms with Crippen LogP contribution in [0.2, 0.25) is 0 Å². The minimum Gasteiger partial charge on any atom is -0.370 e. The van der Waals surface area contributed by atoms with Crippen LogP contribution in [0.1, 0.15) is 58.8 Å². The van der Waals surface area contributed by atoms with Crippen LogP contribution in [0.25, 0.3) is 0 Å². The van der Waals surface area contributed by atoms with Gasteiger partial charge in [-0.25, -0.2) is 0 Å². The smallest absolute Gasteiger partial charge is 0.217 e. The van der Waals surface area contributed by atoms with Gasteiger partial charge in [0, 0.05) is 12.5 Å². The summed E-state index contributed by atoms with van der Waals surface area (Å²) >= 11 is 0. The van der Waals surface area contributed by atoms with Gasteiger partial charge in [-0.3, -0.25) is 4.79 Å². The van der Waals surface area contributed by atoms with Crippen molar-refractivity contribution in [3.05, 3.63) is 0 Å². The molecular weight excluding hydrogens is 188 g/mol. The Morgan fingerprint density at radius 3 is 2.53 bits per heavy atom. The van der Waals surface area contributed by atoms with Crippen molar-refractivity contribution in [2.75, 3.05) is 6.54 Å². The number of rotatable bonds is 10. The summed E-state index contributed by atoms with van der Waals surface area (Å²) in [7, 11) is 0. The molecule has 0 aliphatic rings. The van der Waals surface area contributed by atoms with E-state index in [1.165, 1.54) is 25.7 Å². The highest BCUT2D eigenvalue weighted by molar-refractivity contribution is 5.73. The second kappa shape index (κ2) is 9.97. The van der Waals surface area contributed by atoms with E-state index in [4.69, 9.17) is 5.73 Å². The molecule has 0 spiro atoms. The highest BCUT2D eigenvalue weighted by Crippen LogP contribution is 2.04. The Labute approximate surface area is 93.8 Å². The molecule has 0 aromatic carbocycles. The Kier molecular flexibility index (Phi) is 9.59. The van der Waals surface area contributed by atoms with Gasteiger partial charge in [0.05, 0.1) is 0 Å². The van der Waals surface area contributed by atoms with Crippen molar-refractivity contribution in [2.24, 2.45) is 5.73 Å². The molecule has 0 radical (unpaired) electrons. The molecule has 0 saturated carbocycles. The molecule has 1 unspecified atom stereocenters. The molecule has 0 heterocycles. The van der Waals surface area contributed by atoms with Gasteiger partial charge in [0.2, 0.25) is 5.91 Å². The first-order valence-electron chi connectivity index (χ1n) is 6.22. The minimum atomic E-state index is -0.187. The van der Waals surface area contributed by atoms with Crippen LogP contribution in [0.5, 0.6) is 0 Å². The van der Waals surface area contributed by atoms with Gasteiger partial charge in [-0.1, -0.05) is 26.7 Å². The summed E-state index contributed by atoms with van der Waals surface area (Å²) in [5.74, 6) is -0.187. The molecule has 0 aliphatic heterocycles. The van der Waals surface area contributed by atoms with E-state index in [1.807, 2.05) is 0 Å². The van der Waals surface area contributed by atoms with Crippen LogP contribution in [0.4, 0.5) is 0 Å². The van der Waals surface area contributed by atoms with E-state index < -0.39 is 0 Å². The fourth-order valence-electron chi connectivity index (χ4n) is 1.63. The van der Waals surface area contributed by atoms with Crippen LogP contribution in [0, 0.1) is 0 Å². The predicted molar refractivity (Wildman–Crippen MR) is 64.7 cm³/mol. The monoisotopic (exact) mass is 214 g/mol. The van der Waals surface area contributed by atoms with E-state index in [9.17, 15) is 4.79 Å². The van der Waals surface area contributed by atoms with Gasteiger partial charge in [-0.05, 0) is 32.2 Å². The standard InChI is InChI=1S/C12H26N2O/c1-3-5-8-11(4-2)14-10-7-6-9-12(13)15/h11,14H,3-10H2,1-2H3,(H2,13,15). The fourth-order valence-corrected chi connectivity index (χ4v) is 1.63. The van der Waals surface area contributed by atoms with Crippen molar-refractivity contribution in [1.82, 2.24) is 5.32 Å². The second-order valence-electron chi connectivity index (χ2n) is 4.12. The maximum atomic E-state index is 10.5. The number of amides is 1. The lowest BCUT2D eigenvalue weighted by molar-refractivity contribution is -0.118. The number of carbonyl (C=O) groups excluding carboxylic acids is 1. The Hall–Kier alpha value is -0.570. The lowest BCUT2D eigenvalue weighted by atomic mass is 10.1. The number of carbonyl (C=O) groups is 1. The van der Waals surface area contributed by atoms with Crippen LogP contribution < -0.4 is 11.1 Å². The lowest BCUT2D eigenvalue weighted by Crippen LogP contribution is -2.29. The number of nitrogens with one attached hydrogen (secondary N) is 1.